The van der Waals surface area contributed by atoms with Crippen LogP contribution in [0.3, 0.4) is 0 Å². The molecule has 0 aromatic carbocycles. The number of rotatable bonds is 6. The molecule has 0 aliphatic heterocycles. The molecule has 0 spiro atoms. The largest absolute Gasteiger partial charge is 0.380 e. The molecular weight excluding hydrogens is 174 g/mol. The summed E-state index contributed by atoms with van der Waals surface area (Å²) in [4.78, 5) is 0. The molecule has 14 heavy (non-hydrogen) atoms. The average Bonchev–Trinajstić information content (AvgIpc) is 2.21. The number of hydrogen-bond acceptors (Lipinski definition) is 2. The minimum absolute atomic E-state index is 0.836. The van der Waals surface area contributed by atoms with Gasteiger partial charge in [-0.1, -0.05) is 19.8 Å². The number of hydrogen-bond donors (Lipinski definition) is 1. The first kappa shape index (κ1) is 12.0. The molecule has 0 heterocycles. The van der Waals surface area contributed by atoms with Crippen molar-refractivity contribution >= 4 is 0 Å². The Hall–Kier alpha value is -0.0800. The van der Waals surface area contributed by atoms with Gasteiger partial charge in [0.2, 0.25) is 0 Å². The van der Waals surface area contributed by atoms with Crippen LogP contribution in [0.2, 0.25) is 0 Å². The number of ether oxygens (including phenoxy) is 1. The van der Waals surface area contributed by atoms with E-state index in [2.05, 4.69) is 12.2 Å². The first-order valence-corrected chi connectivity index (χ1v) is 6.11. The SMILES string of the molecule is CCOCCNCC1CCC(C)CC1. The maximum absolute atomic E-state index is 5.28. The van der Waals surface area contributed by atoms with E-state index in [1.165, 1.54) is 32.2 Å². The zero-order valence-corrected chi connectivity index (χ0v) is 9.72. The van der Waals surface area contributed by atoms with Crippen molar-refractivity contribution in [3.05, 3.63) is 0 Å². The molecule has 1 aliphatic rings. The molecule has 0 unspecified atom stereocenters. The first-order valence-electron chi connectivity index (χ1n) is 6.11. The molecule has 0 aromatic rings. The van der Waals surface area contributed by atoms with Gasteiger partial charge in [0, 0.05) is 13.2 Å². The maximum atomic E-state index is 5.28. The van der Waals surface area contributed by atoms with Gasteiger partial charge in [-0.05, 0) is 38.1 Å². The van der Waals surface area contributed by atoms with Crippen LogP contribution >= 0.6 is 0 Å². The second-order valence-corrected chi connectivity index (χ2v) is 4.53. The highest BCUT2D eigenvalue weighted by Crippen LogP contribution is 2.27. The van der Waals surface area contributed by atoms with Crippen LogP contribution < -0.4 is 5.32 Å². The zero-order chi connectivity index (χ0) is 10.2. The van der Waals surface area contributed by atoms with Crippen molar-refractivity contribution in [1.29, 1.82) is 0 Å². The Balaban J connectivity index is 1.91. The Morgan fingerprint density at radius 1 is 1.21 bits per heavy atom. The molecular formula is C12H25NO. The molecule has 0 radical (unpaired) electrons. The predicted octanol–water partition coefficient (Wildman–Crippen LogP) is 2.44. The smallest absolute Gasteiger partial charge is 0.0590 e. The Labute approximate surface area is 88.4 Å². The molecule has 2 nitrogen and oxygen atoms in total. The van der Waals surface area contributed by atoms with Crippen molar-refractivity contribution < 1.29 is 4.74 Å². The monoisotopic (exact) mass is 199 g/mol. The van der Waals surface area contributed by atoms with Gasteiger partial charge in [-0.3, -0.25) is 0 Å². The van der Waals surface area contributed by atoms with Crippen molar-refractivity contribution in [1.82, 2.24) is 5.32 Å². The highest BCUT2D eigenvalue weighted by atomic mass is 16.5. The molecule has 1 N–H and O–H groups in total. The standard InChI is InChI=1S/C12H25NO/c1-3-14-9-8-13-10-12-6-4-11(2)5-7-12/h11-13H,3-10H2,1-2H3. The van der Waals surface area contributed by atoms with E-state index >= 15 is 0 Å². The van der Waals surface area contributed by atoms with E-state index in [1.54, 1.807) is 0 Å². The van der Waals surface area contributed by atoms with E-state index in [0.717, 1.165) is 31.6 Å². The van der Waals surface area contributed by atoms with E-state index < -0.39 is 0 Å². The zero-order valence-electron chi connectivity index (χ0n) is 9.72. The Kier molecular flexibility index (Phi) is 6.20. The Morgan fingerprint density at radius 2 is 1.93 bits per heavy atom. The number of nitrogens with one attached hydrogen (secondary N) is 1. The van der Waals surface area contributed by atoms with Crippen LogP contribution in [0.15, 0.2) is 0 Å². The Bertz CT molecular complexity index is 130. The average molecular weight is 199 g/mol. The molecule has 0 atom stereocenters. The third kappa shape index (κ3) is 4.97. The van der Waals surface area contributed by atoms with E-state index in [-0.39, 0.29) is 0 Å². The van der Waals surface area contributed by atoms with Crippen molar-refractivity contribution in [2.75, 3.05) is 26.3 Å². The normalized spacial score (nSPS) is 27.9. The summed E-state index contributed by atoms with van der Waals surface area (Å²) in [5, 5.41) is 3.48. The lowest BCUT2D eigenvalue weighted by Gasteiger charge is -2.26. The van der Waals surface area contributed by atoms with Crippen LogP contribution in [-0.2, 0) is 4.74 Å². The van der Waals surface area contributed by atoms with Gasteiger partial charge in [-0.25, -0.2) is 0 Å². The second kappa shape index (κ2) is 7.24. The van der Waals surface area contributed by atoms with Gasteiger partial charge >= 0.3 is 0 Å². The fourth-order valence-electron chi connectivity index (χ4n) is 2.13. The van der Waals surface area contributed by atoms with Gasteiger partial charge in [-0.15, -0.1) is 0 Å². The minimum Gasteiger partial charge on any atom is -0.380 e. The van der Waals surface area contributed by atoms with Gasteiger partial charge < -0.3 is 10.1 Å². The third-order valence-electron chi connectivity index (χ3n) is 3.20. The lowest BCUT2D eigenvalue weighted by molar-refractivity contribution is 0.147. The van der Waals surface area contributed by atoms with E-state index in [4.69, 9.17) is 4.74 Å². The highest BCUT2D eigenvalue weighted by Gasteiger charge is 2.17. The first-order chi connectivity index (χ1) is 6.83. The summed E-state index contributed by atoms with van der Waals surface area (Å²) >= 11 is 0. The van der Waals surface area contributed by atoms with Crippen molar-refractivity contribution in [3.63, 3.8) is 0 Å². The summed E-state index contributed by atoms with van der Waals surface area (Å²) in [6.07, 6.45) is 5.70. The molecule has 1 rings (SSSR count). The van der Waals surface area contributed by atoms with Gasteiger partial charge in [0.05, 0.1) is 6.61 Å². The summed E-state index contributed by atoms with van der Waals surface area (Å²) < 4.78 is 5.28. The van der Waals surface area contributed by atoms with Gasteiger partial charge in [0.1, 0.15) is 0 Å². The molecule has 2 heteroatoms. The fraction of sp³-hybridized carbons (Fsp3) is 1.00. The molecule has 1 fully saturated rings. The van der Waals surface area contributed by atoms with Crippen LogP contribution in [0.4, 0.5) is 0 Å². The van der Waals surface area contributed by atoms with Crippen LogP contribution in [0.25, 0.3) is 0 Å². The lowest BCUT2D eigenvalue weighted by atomic mass is 9.83. The molecule has 1 aliphatic carbocycles. The van der Waals surface area contributed by atoms with Crippen molar-refractivity contribution in [3.8, 4) is 0 Å². The minimum atomic E-state index is 0.836. The van der Waals surface area contributed by atoms with Crippen LogP contribution in [0.5, 0.6) is 0 Å². The molecule has 0 bridgehead atoms. The topological polar surface area (TPSA) is 21.3 Å². The molecule has 84 valence electrons. The summed E-state index contributed by atoms with van der Waals surface area (Å²) in [5.41, 5.74) is 0. The highest BCUT2D eigenvalue weighted by molar-refractivity contribution is 4.71. The Morgan fingerprint density at radius 3 is 2.57 bits per heavy atom. The van der Waals surface area contributed by atoms with Crippen LogP contribution in [-0.4, -0.2) is 26.3 Å². The molecule has 1 saturated carbocycles. The van der Waals surface area contributed by atoms with Gasteiger partial charge in [0.15, 0.2) is 0 Å². The van der Waals surface area contributed by atoms with Crippen LogP contribution in [0, 0.1) is 11.8 Å². The van der Waals surface area contributed by atoms with E-state index in [9.17, 15) is 0 Å². The molecule has 0 saturated heterocycles. The third-order valence-corrected chi connectivity index (χ3v) is 3.20. The van der Waals surface area contributed by atoms with Gasteiger partial charge in [-0.2, -0.15) is 0 Å². The maximum Gasteiger partial charge on any atom is 0.0590 e. The fourth-order valence-corrected chi connectivity index (χ4v) is 2.13. The van der Waals surface area contributed by atoms with Gasteiger partial charge in [0.25, 0.3) is 0 Å². The van der Waals surface area contributed by atoms with Crippen molar-refractivity contribution in [2.24, 2.45) is 11.8 Å². The predicted molar refractivity (Wildman–Crippen MR) is 60.5 cm³/mol. The lowest BCUT2D eigenvalue weighted by Crippen LogP contribution is -2.28. The second-order valence-electron chi connectivity index (χ2n) is 4.53. The molecule has 0 aromatic heterocycles. The quantitative estimate of drug-likeness (QED) is 0.663. The summed E-state index contributed by atoms with van der Waals surface area (Å²) in [5.74, 6) is 1.89. The van der Waals surface area contributed by atoms with Crippen molar-refractivity contribution in [2.45, 2.75) is 39.5 Å². The summed E-state index contributed by atoms with van der Waals surface area (Å²) in [7, 11) is 0. The van der Waals surface area contributed by atoms with E-state index in [1.807, 2.05) is 6.92 Å². The molecule has 0 amide bonds. The van der Waals surface area contributed by atoms with Crippen LogP contribution in [0.1, 0.15) is 39.5 Å². The summed E-state index contributed by atoms with van der Waals surface area (Å²) in [6.45, 7) is 8.32. The van der Waals surface area contributed by atoms with E-state index in [0.29, 0.717) is 0 Å². The summed E-state index contributed by atoms with van der Waals surface area (Å²) in [6, 6.07) is 0.